The van der Waals surface area contributed by atoms with E-state index in [9.17, 15) is 27.7 Å². The Hall–Kier alpha value is -2.89. The first-order chi connectivity index (χ1) is 13.8. The van der Waals surface area contributed by atoms with E-state index in [1.165, 1.54) is 40.7 Å². The van der Waals surface area contributed by atoms with Gasteiger partial charge < -0.3 is 5.32 Å². The first-order valence-electron chi connectivity index (χ1n) is 8.78. The predicted molar refractivity (Wildman–Crippen MR) is 103 cm³/mol. The van der Waals surface area contributed by atoms with Crippen molar-refractivity contribution in [3.63, 3.8) is 0 Å². The van der Waals surface area contributed by atoms with Crippen LogP contribution in [0.1, 0.15) is 0 Å². The Bertz CT molecular complexity index is 988. The number of hydrogen-bond acceptors (Lipinski definition) is 6. The van der Waals surface area contributed by atoms with Crippen LogP contribution in [0.25, 0.3) is 0 Å². The zero-order valence-corrected chi connectivity index (χ0v) is 16.1. The Morgan fingerprint density at radius 3 is 2.17 bits per heavy atom. The molecular formula is C18H19FN4O5S. The number of non-ortho nitro benzene ring substituents is 1. The number of nitrogens with one attached hydrogen (secondary N) is 1. The molecule has 0 unspecified atom stereocenters. The van der Waals surface area contributed by atoms with Crippen molar-refractivity contribution in [2.45, 2.75) is 4.90 Å². The highest BCUT2D eigenvalue weighted by atomic mass is 32.2. The third-order valence-corrected chi connectivity index (χ3v) is 6.42. The summed E-state index contributed by atoms with van der Waals surface area (Å²) in [7, 11) is -3.76. The molecule has 1 fully saturated rings. The lowest BCUT2D eigenvalue weighted by Gasteiger charge is -2.33. The van der Waals surface area contributed by atoms with E-state index in [-0.39, 0.29) is 36.1 Å². The van der Waals surface area contributed by atoms with Gasteiger partial charge in [-0.3, -0.25) is 19.8 Å². The van der Waals surface area contributed by atoms with Gasteiger partial charge in [-0.1, -0.05) is 0 Å². The van der Waals surface area contributed by atoms with Gasteiger partial charge in [0.05, 0.1) is 16.4 Å². The van der Waals surface area contributed by atoms with Gasteiger partial charge in [0, 0.05) is 44.0 Å². The molecule has 0 bridgehead atoms. The first-order valence-corrected chi connectivity index (χ1v) is 10.2. The molecule has 1 aliphatic rings. The normalized spacial score (nSPS) is 15.8. The molecule has 154 valence electrons. The van der Waals surface area contributed by atoms with Crippen LogP contribution in [0.5, 0.6) is 0 Å². The number of nitro benzene ring substituents is 1. The molecule has 0 aliphatic carbocycles. The fourth-order valence-electron chi connectivity index (χ4n) is 2.95. The van der Waals surface area contributed by atoms with Crippen LogP contribution in [0.2, 0.25) is 0 Å². The fourth-order valence-corrected chi connectivity index (χ4v) is 4.38. The molecule has 1 aliphatic heterocycles. The predicted octanol–water partition coefficient (Wildman–Crippen LogP) is 1.68. The number of benzene rings is 2. The topological polar surface area (TPSA) is 113 Å². The molecule has 1 saturated heterocycles. The maximum atomic E-state index is 12.9. The zero-order chi connectivity index (χ0) is 21.0. The summed E-state index contributed by atoms with van der Waals surface area (Å²) in [5.41, 5.74) is 0.303. The fraction of sp³-hybridized carbons (Fsp3) is 0.278. The van der Waals surface area contributed by atoms with Crippen LogP contribution in [0.3, 0.4) is 0 Å². The minimum absolute atomic E-state index is 0.00870. The monoisotopic (exact) mass is 422 g/mol. The van der Waals surface area contributed by atoms with Crippen molar-refractivity contribution in [1.29, 1.82) is 0 Å². The van der Waals surface area contributed by atoms with Gasteiger partial charge in [-0.15, -0.1) is 0 Å². The summed E-state index contributed by atoms with van der Waals surface area (Å²) in [4.78, 5) is 24.0. The summed E-state index contributed by atoms with van der Waals surface area (Å²) >= 11 is 0. The maximum absolute atomic E-state index is 12.9. The molecule has 0 aromatic heterocycles. The quantitative estimate of drug-likeness (QED) is 0.560. The Labute approximate surface area is 166 Å². The number of rotatable bonds is 6. The number of nitro groups is 1. The largest absolute Gasteiger partial charge is 0.325 e. The highest BCUT2D eigenvalue weighted by Gasteiger charge is 2.29. The Kier molecular flexibility index (Phi) is 6.20. The molecule has 1 heterocycles. The summed E-state index contributed by atoms with van der Waals surface area (Å²) in [6.07, 6.45) is 0. The minimum atomic E-state index is -3.76. The molecule has 1 N–H and O–H groups in total. The van der Waals surface area contributed by atoms with E-state index < -0.39 is 20.8 Å². The zero-order valence-electron chi connectivity index (χ0n) is 15.3. The van der Waals surface area contributed by atoms with Crippen molar-refractivity contribution in [2.75, 3.05) is 38.0 Å². The highest BCUT2D eigenvalue weighted by Crippen LogP contribution is 2.20. The molecule has 2 aromatic carbocycles. The molecule has 0 saturated carbocycles. The molecule has 0 atom stereocenters. The Morgan fingerprint density at radius 1 is 1.03 bits per heavy atom. The number of anilines is 1. The van der Waals surface area contributed by atoms with Crippen LogP contribution >= 0.6 is 0 Å². The summed E-state index contributed by atoms with van der Waals surface area (Å²) in [6.45, 7) is 1.21. The van der Waals surface area contributed by atoms with Crippen molar-refractivity contribution in [2.24, 2.45) is 0 Å². The average molecular weight is 422 g/mol. The van der Waals surface area contributed by atoms with E-state index in [0.29, 0.717) is 18.8 Å². The number of amides is 1. The maximum Gasteiger partial charge on any atom is 0.269 e. The molecule has 9 nitrogen and oxygen atoms in total. The standard InChI is InChI=1S/C18H19FN4O5S/c19-14-1-3-15(4-2-14)20-18(24)13-21-9-11-22(12-10-21)29(27,28)17-7-5-16(6-8-17)23(25)26/h1-8H,9-13H2,(H,20,24). The van der Waals surface area contributed by atoms with E-state index >= 15 is 0 Å². The second kappa shape index (κ2) is 8.64. The van der Waals surface area contributed by atoms with Gasteiger partial charge in [0.1, 0.15) is 5.82 Å². The lowest BCUT2D eigenvalue weighted by atomic mass is 10.3. The molecule has 11 heteroatoms. The van der Waals surface area contributed by atoms with Gasteiger partial charge >= 0.3 is 0 Å². The van der Waals surface area contributed by atoms with Gasteiger partial charge in [-0.25, -0.2) is 12.8 Å². The van der Waals surface area contributed by atoms with E-state index in [1.54, 1.807) is 0 Å². The van der Waals surface area contributed by atoms with Crippen LogP contribution in [0.15, 0.2) is 53.4 Å². The van der Waals surface area contributed by atoms with Crippen molar-refractivity contribution in [1.82, 2.24) is 9.21 Å². The summed E-state index contributed by atoms with van der Waals surface area (Å²) in [6, 6.07) is 10.2. The lowest BCUT2D eigenvalue weighted by Crippen LogP contribution is -2.50. The van der Waals surface area contributed by atoms with Crippen molar-refractivity contribution < 1.29 is 22.5 Å². The smallest absolute Gasteiger partial charge is 0.269 e. The van der Waals surface area contributed by atoms with E-state index in [2.05, 4.69) is 5.32 Å². The van der Waals surface area contributed by atoms with Gasteiger partial charge in [0.2, 0.25) is 15.9 Å². The van der Waals surface area contributed by atoms with Crippen molar-refractivity contribution in [3.8, 4) is 0 Å². The van der Waals surface area contributed by atoms with Crippen molar-refractivity contribution in [3.05, 3.63) is 64.5 Å². The number of carbonyl (C=O) groups is 1. The third kappa shape index (κ3) is 5.13. The van der Waals surface area contributed by atoms with E-state index in [1.807, 2.05) is 4.90 Å². The SMILES string of the molecule is O=C(CN1CCN(S(=O)(=O)c2ccc([N+](=O)[O-])cc2)CC1)Nc1ccc(F)cc1. The molecule has 1 amide bonds. The Morgan fingerprint density at radius 2 is 1.62 bits per heavy atom. The number of nitrogens with zero attached hydrogens (tertiary/aromatic N) is 3. The van der Waals surface area contributed by atoms with Crippen LogP contribution in [0.4, 0.5) is 15.8 Å². The Balaban J connectivity index is 1.54. The summed E-state index contributed by atoms with van der Waals surface area (Å²) < 4.78 is 39.6. The molecule has 3 rings (SSSR count). The minimum Gasteiger partial charge on any atom is -0.325 e. The number of piperazine rings is 1. The second-order valence-electron chi connectivity index (χ2n) is 6.49. The first kappa shape index (κ1) is 20.8. The van der Waals surface area contributed by atoms with Gasteiger partial charge in [0.25, 0.3) is 5.69 Å². The molecular weight excluding hydrogens is 403 g/mol. The highest BCUT2D eigenvalue weighted by molar-refractivity contribution is 7.89. The number of halogens is 1. The van der Waals surface area contributed by atoms with Crippen LogP contribution in [-0.2, 0) is 14.8 Å². The second-order valence-corrected chi connectivity index (χ2v) is 8.42. The summed E-state index contributed by atoms with van der Waals surface area (Å²) in [5.74, 6) is -0.670. The van der Waals surface area contributed by atoms with Gasteiger partial charge in [-0.2, -0.15) is 4.31 Å². The lowest BCUT2D eigenvalue weighted by molar-refractivity contribution is -0.384. The third-order valence-electron chi connectivity index (χ3n) is 4.51. The van der Waals surface area contributed by atoms with E-state index in [4.69, 9.17) is 0 Å². The van der Waals surface area contributed by atoms with Gasteiger partial charge in [0.15, 0.2) is 0 Å². The van der Waals surface area contributed by atoms with Crippen LogP contribution < -0.4 is 5.32 Å². The number of hydrogen-bond donors (Lipinski definition) is 1. The van der Waals surface area contributed by atoms with Crippen molar-refractivity contribution >= 4 is 27.3 Å². The molecule has 2 aromatic rings. The van der Waals surface area contributed by atoms with Gasteiger partial charge in [-0.05, 0) is 36.4 Å². The summed E-state index contributed by atoms with van der Waals surface area (Å²) in [5, 5.41) is 13.4. The molecule has 29 heavy (non-hydrogen) atoms. The number of sulfonamides is 1. The van der Waals surface area contributed by atoms with E-state index in [0.717, 1.165) is 12.1 Å². The average Bonchev–Trinajstić information content (AvgIpc) is 2.70. The van der Waals surface area contributed by atoms with Crippen LogP contribution in [-0.4, -0.2) is 61.2 Å². The molecule has 0 spiro atoms. The molecule has 0 radical (unpaired) electrons. The number of carbonyl (C=O) groups excluding carboxylic acids is 1. The van der Waals surface area contributed by atoms with Crippen LogP contribution in [0, 0.1) is 15.9 Å².